The van der Waals surface area contributed by atoms with E-state index >= 15 is 0 Å². The highest BCUT2D eigenvalue weighted by atomic mass is 35.5. The van der Waals surface area contributed by atoms with Crippen molar-refractivity contribution in [2.45, 2.75) is 25.6 Å². The molecule has 4 nitrogen and oxygen atoms in total. The number of hydrogen-bond acceptors (Lipinski definition) is 2. The molecule has 5 aromatic rings. The van der Waals surface area contributed by atoms with Gasteiger partial charge in [-0.1, -0.05) is 138 Å². The fraction of sp³-hybridized carbons (Fsp3) is 0.114. The van der Waals surface area contributed by atoms with Crippen LogP contribution in [0.2, 0.25) is 15.1 Å². The maximum Gasteiger partial charge on any atom is 0.322 e. The number of nitrogens with zero attached hydrogens (tertiary/aromatic N) is 1. The van der Waals surface area contributed by atoms with Gasteiger partial charge in [0.25, 0.3) is 0 Å². The van der Waals surface area contributed by atoms with E-state index in [-0.39, 0.29) is 12.1 Å². The molecule has 0 aromatic heterocycles. The van der Waals surface area contributed by atoms with Crippen molar-refractivity contribution < 1.29 is 9.53 Å². The molecular formula is C35H29Cl3N2O2. The Bertz CT molecular complexity index is 1600. The summed E-state index contributed by atoms with van der Waals surface area (Å²) in [5.74, 6) is 0.753. The number of carbonyl (C=O) groups is 1. The molecule has 42 heavy (non-hydrogen) atoms. The zero-order valence-electron chi connectivity index (χ0n) is 22.7. The predicted molar refractivity (Wildman–Crippen MR) is 173 cm³/mol. The highest BCUT2D eigenvalue weighted by Gasteiger charge is 2.27. The molecule has 0 radical (unpaired) electrons. The van der Waals surface area contributed by atoms with Gasteiger partial charge < -0.3 is 15.0 Å². The van der Waals surface area contributed by atoms with Crippen LogP contribution in [0.15, 0.2) is 127 Å². The summed E-state index contributed by atoms with van der Waals surface area (Å²) in [5.41, 5.74) is 4.55. The highest BCUT2D eigenvalue weighted by molar-refractivity contribution is 6.44. The number of nitrogens with one attached hydrogen (secondary N) is 1. The fourth-order valence-corrected chi connectivity index (χ4v) is 5.28. The van der Waals surface area contributed by atoms with E-state index in [0.29, 0.717) is 40.3 Å². The molecule has 1 unspecified atom stereocenters. The van der Waals surface area contributed by atoms with Crippen LogP contribution in [0.1, 0.15) is 28.3 Å². The maximum atomic E-state index is 14.1. The van der Waals surface area contributed by atoms with Gasteiger partial charge in [-0.05, 0) is 52.9 Å². The second kappa shape index (κ2) is 14.3. The maximum absolute atomic E-state index is 14.1. The molecule has 5 rings (SSSR count). The van der Waals surface area contributed by atoms with Gasteiger partial charge in [-0.25, -0.2) is 4.79 Å². The molecule has 7 heteroatoms. The van der Waals surface area contributed by atoms with E-state index in [1.807, 2.05) is 108 Å². The summed E-state index contributed by atoms with van der Waals surface area (Å²) in [6.07, 6.45) is 0.598. The Morgan fingerprint density at radius 3 is 1.83 bits per heavy atom. The minimum Gasteiger partial charge on any atom is -0.489 e. The summed E-state index contributed by atoms with van der Waals surface area (Å²) in [4.78, 5) is 15.9. The lowest BCUT2D eigenvalue weighted by Gasteiger charge is -2.33. The van der Waals surface area contributed by atoms with E-state index in [2.05, 4.69) is 17.4 Å². The molecule has 1 N–H and O–H groups in total. The van der Waals surface area contributed by atoms with Gasteiger partial charge in [0, 0.05) is 6.54 Å². The molecule has 2 amide bonds. The third-order valence-corrected chi connectivity index (χ3v) is 7.90. The van der Waals surface area contributed by atoms with Crippen molar-refractivity contribution >= 4 is 46.5 Å². The molecule has 0 spiro atoms. The Morgan fingerprint density at radius 1 is 0.667 bits per heavy atom. The zero-order chi connectivity index (χ0) is 29.3. The van der Waals surface area contributed by atoms with Crippen LogP contribution >= 0.6 is 34.8 Å². The number of benzene rings is 5. The number of halogens is 3. The van der Waals surface area contributed by atoms with E-state index in [9.17, 15) is 4.79 Å². The topological polar surface area (TPSA) is 41.6 Å². The average molecular weight is 616 g/mol. The lowest BCUT2D eigenvalue weighted by atomic mass is 9.96. The first-order valence-corrected chi connectivity index (χ1v) is 14.7. The van der Waals surface area contributed by atoms with Crippen LogP contribution in [0.25, 0.3) is 0 Å². The normalized spacial score (nSPS) is 11.5. The smallest absolute Gasteiger partial charge is 0.322 e. The first-order chi connectivity index (χ1) is 20.5. The number of hydrogen-bond donors (Lipinski definition) is 1. The van der Waals surface area contributed by atoms with Crippen molar-refractivity contribution in [1.29, 1.82) is 0 Å². The summed E-state index contributed by atoms with van der Waals surface area (Å²) < 4.78 is 6.03. The molecule has 0 saturated carbocycles. The van der Waals surface area contributed by atoms with Crippen molar-refractivity contribution in [2.75, 3.05) is 5.32 Å². The van der Waals surface area contributed by atoms with Crippen LogP contribution in [0, 0.1) is 0 Å². The summed E-state index contributed by atoms with van der Waals surface area (Å²) in [5, 5.41) is 3.90. The Hall–Kier alpha value is -3.96. The number of anilines is 1. The SMILES string of the molecule is O=C(Nc1cc(Cl)c(Cl)cc1Cl)N(Cc1ccccc1)C(Cc1ccccc1)c1ccc(OCc2ccccc2)cc1. The zero-order valence-corrected chi connectivity index (χ0v) is 25.0. The average Bonchev–Trinajstić information content (AvgIpc) is 3.02. The van der Waals surface area contributed by atoms with Gasteiger partial charge in [0.2, 0.25) is 0 Å². The van der Waals surface area contributed by atoms with Gasteiger partial charge in [-0.2, -0.15) is 0 Å². The summed E-state index contributed by atoms with van der Waals surface area (Å²) in [6.45, 7) is 0.843. The number of carbonyl (C=O) groups excluding carboxylic acids is 1. The van der Waals surface area contributed by atoms with Crippen LogP contribution in [-0.4, -0.2) is 10.9 Å². The van der Waals surface area contributed by atoms with Crippen molar-refractivity contribution in [3.8, 4) is 5.75 Å². The van der Waals surface area contributed by atoms with Crippen LogP contribution in [0.5, 0.6) is 5.75 Å². The predicted octanol–water partition coefficient (Wildman–Crippen LogP) is 10.2. The fourth-order valence-electron chi connectivity index (χ4n) is 4.68. The lowest BCUT2D eigenvalue weighted by Crippen LogP contribution is -2.38. The Kier molecular flexibility index (Phi) is 10.0. The highest BCUT2D eigenvalue weighted by Crippen LogP contribution is 2.34. The molecule has 0 aliphatic carbocycles. The molecule has 212 valence electrons. The Balaban J connectivity index is 1.47. The van der Waals surface area contributed by atoms with Gasteiger partial charge in [-0.3, -0.25) is 0 Å². The van der Waals surface area contributed by atoms with Crippen molar-refractivity contribution in [2.24, 2.45) is 0 Å². The van der Waals surface area contributed by atoms with Gasteiger partial charge in [0.05, 0.1) is 26.8 Å². The lowest BCUT2D eigenvalue weighted by molar-refractivity contribution is 0.183. The third kappa shape index (κ3) is 7.86. The van der Waals surface area contributed by atoms with E-state index in [1.165, 1.54) is 6.07 Å². The van der Waals surface area contributed by atoms with Crippen molar-refractivity contribution in [1.82, 2.24) is 4.90 Å². The molecular weight excluding hydrogens is 587 g/mol. The van der Waals surface area contributed by atoms with E-state index in [0.717, 1.165) is 28.0 Å². The standard InChI is InChI=1S/C35H29Cl3N2O2/c36-30-21-32(38)33(22-31(30)37)39-35(41)40(23-26-12-6-2-7-13-26)34(20-25-10-4-1-5-11-25)28-16-18-29(19-17-28)42-24-27-14-8-3-9-15-27/h1-19,21-22,34H,20,23-24H2,(H,39,41). The van der Waals surface area contributed by atoms with E-state index in [4.69, 9.17) is 39.5 Å². The second-order valence-electron chi connectivity index (χ2n) is 9.84. The van der Waals surface area contributed by atoms with Crippen molar-refractivity contribution in [3.05, 3.63) is 165 Å². The molecule has 0 bridgehead atoms. The van der Waals surface area contributed by atoms with Gasteiger partial charge in [0.15, 0.2) is 0 Å². The van der Waals surface area contributed by atoms with E-state index < -0.39 is 0 Å². The Labute approximate surface area is 261 Å². The van der Waals surface area contributed by atoms with Crippen LogP contribution < -0.4 is 10.1 Å². The molecule has 0 aliphatic heterocycles. The molecule has 0 saturated heterocycles. The minimum atomic E-state index is -0.315. The number of urea groups is 1. The first kappa shape index (κ1) is 29.5. The summed E-state index contributed by atoms with van der Waals surface area (Å²) in [7, 11) is 0. The van der Waals surface area contributed by atoms with Crippen LogP contribution in [-0.2, 0) is 19.6 Å². The Morgan fingerprint density at radius 2 is 1.21 bits per heavy atom. The van der Waals surface area contributed by atoms with Crippen LogP contribution in [0.4, 0.5) is 10.5 Å². The molecule has 0 heterocycles. The second-order valence-corrected chi connectivity index (χ2v) is 11.1. The van der Waals surface area contributed by atoms with Gasteiger partial charge in [0.1, 0.15) is 12.4 Å². The minimum absolute atomic E-state index is 0.303. The van der Waals surface area contributed by atoms with Crippen LogP contribution in [0.3, 0.4) is 0 Å². The molecule has 5 aromatic carbocycles. The van der Waals surface area contributed by atoms with Gasteiger partial charge >= 0.3 is 6.03 Å². The van der Waals surface area contributed by atoms with Gasteiger partial charge in [-0.15, -0.1) is 0 Å². The molecule has 0 fully saturated rings. The number of amides is 2. The first-order valence-electron chi connectivity index (χ1n) is 13.5. The summed E-state index contributed by atoms with van der Waals surface area (Å²) in [6, 6.07) is 40.5. The summed E-state index contributed by atoms with van der Waals surface area (Å²) >= 11 is 18.8. The van der Waals surface area contributed by atoms with E-state index in [1.54, 1.807) is 6.07 Å². The number of ether oxygens (including phenoxy) is 1. The largest absolute Gasteiger partial charge is 0.489 e. The molecule has 0 aliphatic rings. The molecule has 1 atom stereocenters. The monoisotopic (exact) mass is 614 g/mol. The third-order valence-electron chi connectivity index (χ3n) is 6.87. The number of rotatable bonds is 10. The quantitative estimate of drug-likeness (QED) is 0.159. The van der Waals surface area contributed by atoms with Crippen molar-refractivity contribution in [3.63, 3.8) is 0 Å².